The van der Waals surface area contributed by atoms with Crippen molar-refractivity contribution < 1.29 is 14.3 Å². The van der Waals surface area contributed by atoms with E-state index in [2.05, 4.69) is 36.7 Å². The van der Waals surface area contributed by atoms with Gasteiger partial charge in [0.2, 0.25) is 0 Å². The summed E-state index contributed by atoms with van der Waals surface area (Å²) in [5.74, 6) is -0.668. The minimum Gasteiger partial charge on any atom is -0.483 e. The smallest absolute Gasteiger partial charge is 0.271 e. The van der Waals surface area contributed by atoms with Gasteiger partial charge < -0.3 is 15.8 Å². The predicted octanol–water partition coefficient (Wildman–Crippen LogP) is 2.66. The molecule has 0 saturated heterocycles. The molecule has 0 unspecified atom stereocenters. The number of rotatable bonds is 6. The molecule has 27 heavy (non-hydrogen) atoms. The van der Waals surface area contributed by atoms with Crippen LogP contribution in [0.25, 0.3) is 11.3 Å². The van der Waals surface area contributed by atoms with Crippen LogP contribution in [0.4, 0.5) is 5.69 Å². The van der Waals surface area contributed by atoms with Crippen LogP contribution in [0, 0.1) is 6.92 Å². The van der Waals surface area contributed by atoms with Crippen LogP contribution in [0.3, 0.4) is 0 Å². The summed E-state index contributed by atoms with van der Waals surface area (Å²) in [7, 11) is 0. The van der Waals surface area contributed by atoms with E-state index in [-0.39, 0.29) is 23.9 Å². The van der Waals surface area contributed by atoms with Gasteiger partial charge in [0.05, 0.1) is 0 Å². The summed E-state index contributed by atoms with van der Waals surface area (Å²) in [5, 5.41) is 12.9. The number of H-pyrrole nitrogens is 1. The van der Waals surface area contributed by atoms with E-state index in [9.17, 15) is 9.59 Å². The van der Waals surface area contributed by atoms with E-state index < -0.39 is 5.91 Å². The van der Waals surface area contributed by atoms with Gasteiger partial charge in [0.25, 0.3) is 11.8 Å². The van der Waals surface area contributed by atoms with Gasteiger partial charge in [0.15, 0.2) is 12.3 Å². The number of hydrogen-bond donors (Lipinski definition) is 3. The lowest BCUT2D eigenvalue weighted by Gasteiger charge is -2.11. The van der Waals surface area contributed by atoms with Crippen molar-refractivity contribution >= 4 is 33.4 Å². The Hall–Kier alpha value is -3.20. The van der Waals surface area contributed by atoms with Crippen LogP contribution in [0.2, 0.25) is 0 Å². The number of amides is 2. The van der Waals surface area contributed by atoms with Crippen LogP contribution in [0.15, 0.2) is 46.9 Å². The summed E-state index contributed by atoms with van der Waals surface area (Å²) >= 11 is 3.36. The molecule has 9 heteroatoms. The molecule has 3 rings (SSSR count). The van der Waals surface area contributed by atoms with Gasteiger partial charge in [-0.3, -0.25) is 9.59 Å². The number of aryl methyl sites for hydroxylation is 1. The summed E-state index contributed by atoms with van der Waals surface area (Å²) in [4.78, 5) is 23.7. The zero-order valence-electron chi connectivity index (χ0n) is 14.3. The second-order valence-electron chi connectivity index (χ2n) is 5.73. The van der Waals surface area contributed by atoms with Gasteiger partial charge in [-0.15, -0.1) is 0 Å². The van der Waals surface area contributed by atoms with Crippen molar-refractivity contribution in [2.75, 3.05) is 11.9 Å². The first-order valence-electron chi connectivity index (χ1n) is 7.94. The van der Waals surface area contributed by atoms with E-state index in [4.69, 9.17) is 10.5 Å². The standard InChI is InChI=1S/C18H16BrN5O3/c1-10-2-5-12(6-3-10)21-15(25)9-27-14-7-4-11(19)8-13(14)16-17(18(20)26)23-24-22-16/h2-8H,9H2,1H3,(H2,20,26)(H,21,25)(H,22,23,24). The average Bonchev–Trinajstić information content (AvgIpc) is 3.12. The lowest BCUT2D eigenvalue weighted by atomic mass is 10.1. The molecule has 1 aromatic heterocycles. The highest BCUT2D eigenvalue weighted by Gasteiger charge is 2.19. The van der Waals surface area contributed by atoms with E-state index in [1.165, 1.54) is 0 Å². The number of anilines is 1. The molecule has 138 valence electrons. The Labute approximate surface area is 163 Å². The molecular weight excluding hydrogens is 414 g/mol. The highest BCUT2D eigenvalue weighted by atomic mass is 79.9. The molecule has 0 bridgehead atoms. The van der Waals surface area contributed by atoms with E-state index in [0.29, 0.717) is 17.0 Å². The fraction of sp³-hybridized carbons (Fsp3) is 0.111. The summed E-state index contributed by atoms with van der Waals surface area (Å²) in [6, 6.07) is 12.5. The van der Waals surface area contributed by atoms with Gasteiger partial charge in [-0.2, -0.15) is 15.4 Å². The fourth-order valence-corrected chi connectivity index (χ4v) is 2.74. The third-order valence-corrected chi connectivity index (χ3v) is 4.17. The summed E-state index contributed by atoms with van der Waals surface area (Å²) < 4.78 is 6.38. The topological polar surface area (TPSA) is 123 Å². The molecule has 0 fully saturated rings. The largest absolute Gasteiger partial charge is 0.483 e. The number of aromatic amines is 1. The first-order valence-corrected chi connectivity index (χ1v) is 8.73. The van der Waals surface area contributed by atoms with Gasteiger partial charge in [0.1, 0.15) is 11.4 Å². The number of benzene rings is 2. The molecule has 0 aliphatic carbocycles. The van der Waals surface area contributed by atoms with E-state index in [1.807, 2.05) is 31.2 Å². The van der Waals surface area contributed by atoms with Crippen molar-refractivity contribution in [1.29, 1.82) is 0 Å². The summed E-state index contributed by atoms with van der Waals surface area (Å²) in [6.45, 7) is 1.75. The van der Waals surface area contributed by atoms with Crippen LogP contribution in [-0.2, 0) is 4.79 Å². The number of aromatic nitrogens is 3. The molecule has 0 saturated carbocycles. The van der Waals surface area contributed by atoms with Gasteiger partial charge >= 0.3 is 0 Å². The van der Waals surface area contributed by atoms with Gasteiger partial charge in [-0.05, 0) is 37.3 Å². The maximum Gasteiger partial charge on any atom is 0.271 e. The number of nitrogens with one attached hydrogen (secondary N) is 2. The van der Waals surface area contributed by atoms with Crippen LogP contribution >= 0.6 is 15.9 Å². The first kappa shape index (κ1) is 18.6. The minimum absolute atomic E-state index is 0.0120. The number of ether oxygens (including phenoxy) is 1. The molecule has 2 amide bonds. The third-order valence-electron chi connectivity index (χ3n) is 3.67. The Balaban J connectivity index is 1.77. The Morgan fingerprint density at radius 1 is 1.19 bits per heavy atom. The molecule has 0 aliphatic heterocycles. The zero-order valence-corrected chi connectivity index (χ0v) is 15.9. The van der Waals surface area contributed by atoms with Crippen molar-refractivity contribution in [3.63, 3.8) is 0 Å². The van der Waals surface area contributed by atoms with Gasteiger partial charge in [0, 0.05) is 15.7 Å². The molecule has 0 radical (unpaired) electrons. The molecular formula is C18H16BrN5O3. The van der Waals surface area contributed by atoms with Crippen LogP contribution in [0.5, 0.6) is 5.75 Å². The van der Waals surface area contributed by atoms with Gasteiger partial charge in [-0.1, -0.05) is 33.6 Å². The predicted molar refractivity (Wildman–Crippen MR) is 103 cm³/mol. The number of carbonyl (C=O) groups excluding carboxylic acids is 2. The molecule has 3 aromatic rings. The van der Waals surface area contributed by atoms with Crippen molar-refractivity contribution in [2.24, 2.45) is 5.73 Å². The summed E-state index contributed by atoms with van der Waals surface area (Å²) in [5.41, 5.74) is 7.82. The lowest BCUT2D eigenvalue weighted by Crippen LogP contribution is -2.20. The first-order chi connectivity index (χ1) is 12.9. The van der Waals surface area contributed by atoms with Gasteiger partial charge in [-0.25, -0.2) is 0 Å². The second kappa shape index (κ2) is 8.00. The number of carbonyl (C=O) groups is 2. The SMILES string of the molecule is Cc1ccc(NC(=O)COc2ccc(Br)cc2-c2n[nH]nc2C(N)=O)cc1. The Morgan fingerprint density at radius 2 is 1.93 bits per heavy atom. The fourth-order valence-electron chi connectivity index (χ4n) is 2.38. The zero-order chi connectivity index (χ0) is 19.4. The molecule has 0 spiro atoms. The Bertz CT molecular complexity index is 985. The van der Waals surface area contributed by atoms with Crippen molar-refractivity contribution in [1.82, 2.24) is 15.4 Å². The minimum atomic E-state index is -0.721. The monoisotopic (exact) mass is 429 g/mol. The number of hydrogen-bond acceptors (Lipinski definition) is 5. The molecule has 0 aliphatic rings. The van der Waals surface area contributed by atoms with Crippen LogP contribution in [-0.4, -0.2) is 33.8 Å². The molecule has 8 nitrogen and oxygen atoms in total. The molecule has 4 N–H and O–H groups in total. The normalized spacial score (nSPS) is 10.4. The van der Waals surface area contributed by atoms with E-state index >= 15 is 0 Å². The molecule has 1 heterocycles. The number of primary amides is 1. The van der Waals surface area contributed by atoms with Crippen molar-refractivity contribution in [3.8, 4) is 17.0 Å². The number of nitrogens with zero attached hydrogens (tertiary/aromatic N) is 2. The van der Waals surface area contributed by atoms with Crippen LogP contribution in [0.1, 0.15) is 16.1 Å². The Morgan fingerprint density at radius 3 is 2.63 bits per heavy atom. The van der Waals surface area contributed by atoms with Crippen molar-refractivity contribution in [2.45, 2.75) is 6.92 Å². The third kappa shape index (κ3) is 4.50. The summed E-state index contributed by atoms with van der Waals surface area (Å²) in [6.07, 6.45) is 0. The van der Waals surface area contributed by atoms with E-state index in [0.717, 1.165) is 10.0 Å². The van der Waals surface area contributed by atoms with Crippen molar-refractivity contribution in [3.05, 3.63) is 58.2 Å². The lowest BCUT2D eigenvalue weighted by molar-refractivity contribution is -0.118. The Kier molecular flexibility index (Phi) is 5.51. The maximum atomic E-state index is 12.2. The quantitative estimate of drug-likeness (QED) is 0.555. The second-order valence-corrected chi connectivity index (χ2v) is 6.64. The molecule has 0 atom stereocenters. The van der Waals surface area contributed by atoms with Crippen LogP contribution < -0.4 is 15.8 Å². The van der Waals surface area contributed by atoms with E-state index in [1.54, 1.807) is 18.2 Å². The average molecular weight is 430 g/mol. The molecule has 2 aromatic carbocycles. The number of halogens is 1. The number of nitrogens with two attached hydrogens (primary N) is 1. The highest BCUT2D eigenvalue weighted by molar-refractivity contribution is 9.10. The maximum absolute atomic E-state index is 12.2. The highest BCUT2D eigenvalue weighted by Crippen LogP contribution is 2.32.